The summed E-state index contributed by atoms with van der Waals surface area (Å²) in [6, 6.07) is 20.6. The lowest BCUT2D eigenvalue weighted by molar-refractivity contribution is -0.149. The van der Waals surface area contributed by atoms with E-state index in [1.54, 1.807) is 0 Å². The maximum atomic E-state index is 12.5. The number of esters is 1. The third-order valence-electron chi connectivity index (χ3n) is 4.61. The van der Waals surface area contributed by atoms with E-state index in [0.717, 1.165) is 13.1 Å². The van der Waals surface area contributed by atoms with Crippen molar-refractivity contribution in [1.29, 1.82) is 0 Å². The smallest absolute Gasteiger partial charge is 0.323 e. The Hall–Kier alpha value is -2.39. The molecule has 0 radical (unpaired) electrons. The first-order valence-electron chi connectivity index (χ1n) is 8.94. The predicted molar refractivity (Wildman–Crippen MR) is 100 cm³/mol. The molecule has 2 aromatic rings. The topological polar surface area (TPSA) is 29.5 Å². The van der Waals surface area contributed by atoms with Crippen LogP contribution in [-0.4, -0.2) is 30.1 Å². The Morgan fingerprint density at radius 1 is 1.08 bits per heavy atom. The van der Waals surface area contributed by atoms with Crippen molar-refractivity contribution >= 4 is 5.97 Å². The molecule has 0 N–H and O–H groups in total. The van der Waals surface area contributed by atoms with Crippen molar-refractivity contribution in [3.05, 3.63) is 83.9 Å². The lowest BCUT2D eigenvalue weighted by Gasteiger charge is -2.30. The highest BCUT2D eigenvalue weighted by Crippen LogP contribution is 2.26. The number of carbonyl (C=O) groups excluding carboxylic acids is 1. The van der Waals surface area contributed by atoms with E-state index >= 15 is 0 Å². The van der Waals surface area contributed by atoms with Gasteiger partial charge in [0, 0.05) is 19.0 Å². The molecule has 0 fully saturated rings. The van der Waals surface area contributed by atoms with Crippen LogP contribution in [0.5, 0.6) is 0 Å². The average Bonchev–Trinajstić information content (AvgIpc) is 2.86. The number of benzene rings is 2. The van der Waals surface area contributed by atoms with Gasteiger partial charge in [-0.15, -0.1) is 0 Å². The van der Waals surface area contributed by atoms with Gasteiger partial charge in [-0.2, -0.15) is 0 Å². The molecule has 1 aliphatic heterocycles. The molecule has 1 aliphatic rings. The standard InChI is InChI=1S/C22H25NO2/c1-2-25-22(24)21-15-9-14-20(19-12-7-4-8-13-19)17-23(21)16-18-10-5-3-6-11-18/h3-14,20-21H,2,15-17H2,1H3/t20-,21+/m0/s1. The van der Waals surface area contributed by atoms with E-state index in [-0.39, 0.29) is 17.9 Å². The molecule has 3 nitrogen and oxygen atoms in total. The monoisotopic (exact) mass is 335 g/mol. The van der Waals surface area contributed by atoms with Crippen LogP contribution in [0.3, 0.4) is 0 Å². The van der Waals surface area contributed by atoms with E-state index in [4.69, 9.17) is 4.74 Å². The van der Waals surface area contributed by atoms with Crippen molar-refractivity contribution in [2.75, 3.05) is 13.2 Å². The van der Waals surface area contributed by atoms with Gasteiger partial charge in [-0.25, -0.2) is 0 Å². The summed E-state index contributed by atoms with van der Waals surface area (Å²) in [6.07, 6.45) is 5.05. The molecule has 2 aromatic carbocycles. The second kappa shape index (κ2) is 8.63. The van der Waals surface area contributed by atoms with E-state index in [9.17, 15) is 4.79 Å². The molecule has 130 valence electrons. The summed E-state index contributed by atoms with van der Waals surface area (Å²) < 4.78 is 5.33. The van der Waals surface area contributed by atoms with Crippen molar-refractivity contribution in [3.63, 3.8) is 0 Å². The lowest BCUT2D eigenvalue weighted by Crippen LogP contribution is -2.42. The molecule has 0 aliphatic carbocycles. The fourth-order valence-corrected chi connectivity index (χ4v) is 3.35. The molecule has 25 heavy (non-hydrogen) atoms. The van der Waals surface area contributed by atoms with Crippen molar-refractivity contribution in [3.8, 4) is 0 Å². The summed E-state index contributed by atoms with van der Waals surface area (Å²) >= 11 is 0. The number of hydrogen-bond acceptors (Lipinski definition) is 3. The highest BCUT2D eigenvalue weighted by atomic mass is 16.5. The maximum Gasteiger partial charge on any atom is 0.323 e. The molecule has 3 heteroatoms. The second-order valence-corrected chi connectivity index (χ2v) is 6.36. The minimum atomic E-state index is -0.231. The van der Waals surface area contributed by atoms with Crippen LogP contribution in [0.2, 0.25) is 0 Å². The Kier molecular flexibility index (Phi) is 6.02. The van der Waals surface area contributed by atoms with Crippen LogP contribution >= 0.6 is 0 Å². The van der Waals surface area contributed by atoms with Crippen LogP contribution in [0.25, 0.3) is 0 Å². The Balaban J connectivity index is 1.84. The first-order chi connectivity index (χ1) is 12.3. The van der Waals surface area contributed by atoms with Crippen LogP contribution in [-0.2, 0) is 16.1 Å². The Labute approximate surface area is 149 Å². The third-order valence-corrected chi connectivity index (χ3v) is 4.61. The zero-order valence-electron chi connectivity index (χ0n) is 14.7. The van der Waals surface area contributed by atoms with Crippen LogP contribution in [0.1, 0.15) is 30.4 Å². The minimum absolute atomic E-state index is 0.128. The fourth-order valence-electron chi connectivity index (χ4n) is 3.35. The van der Waals surface area contributed by atoms with Crippen LogP contribution in [0.15, 0.2) is 72.8 Å². The fraction of sp³-hybridized carbons (Fsp3) is 0.318. The van der Waals surface area contributed by atoms with Crippen LogP contribution < -0.4 is 0 Å². The Morgan fingerprint density at radius 3 is 2.44 bits per heavy atom. The van der Waals surface area contributed by atoms with Gasteiger partial charge in [0.15, 0.2) is 0 Å². The van der Waals surface area contributed by atoms with Crippen molar-refractivity contribution in [2.45, 2.75) is 31.8 Å². The molecule has 0 saturated carbocycles. The van der Waals surface area contributed by atoms with Crippen molar-refractivity contribution in [1.82, 2.24) is 4.90 Å². The summed E-state index contributed by atoms with van der Waals surface area (Å²) in [5, 5.41) is 0. The summed E-state index contributed by atoms with van der Waals surface area (Å²) in [5.41, 5.74) is 2.49. The lowest BCUT2D eigenvalue weighted by atomic mass is 9.98. The molecule has 3 rings (SSSR count). The van der Waals surface area contributed by atoms with E-state index in [2.05, 4.69) is 53.5 Å². The molecule has 0 amide bonds. The molecular weight excluding hydrogens is 310 g/mol. The molecular formula is C22H25NO2. The number of rotatable bonds is 5. The SMILES string of the molecule is CCOC(=O)[C@H]1CC=C[C@H](c2ccccc2)CN1Cc1ccccc1. The van der Waals surface area contributed by atoms with E-state index in [0.29, 0.717) is 13.0 Å². The largest absolute Gasteiger partial charge is 0.465 e. The summed E-state index contributed by atoms with van der Waals surface area (Å²) in [7, 11) is 0. The number of nitrogens with zero attached hydrogens (tertiary/aromatic N) is 1. The van der Waals surface area contributed by atoms with Gasteiger partial charge < -0.3 is 4.74 Å². The van der Waals surface area contributed by atoms with Gasteiger partial charge in [0.1, 0.15) is 6.04 Å². The van der Waals surface area contributed by atoms with E-state index in [1.807, 2.05) is 31.2 Å². The van der Waals surface area contributed by atoms with Gasteiger partial charge in [0.25, 0.3) is 0 Å². The zero-order valence-corrected chi connectivity index (χ0v) is 14.7. The molecule has 0 bridgehead atoms. The van der Waals surface area contributed by atoms with Gasteiger partial charge >= 0.3 is 5.97 Å². The first kappa shape index (κ1) is 17.4. The Bertz CT molecular complexity index is 696. The first-order valence-corrected chi connectivity index (χ1v) is 8.94. The van der Waals surface area contributed by atoms with Gasteiger partial charge in [-0.1, -0.05) is 72.8 Å². The van der Waals surface area contributed by atoms with Gasteiger partial charge in [-0.3, -0.25) is 9.69 Å². The van der Waals surface area contributed by atoms with Crippen molar-refractivity contribution in [2.24, 2.45) is 0 Å². The highest BCUT2D eigenvalue weighted by Gasteiger charge is 2.30. The van der Waals surface area contributed by atoms with Crippen molar-refractivity contribution < 1.29 is 9.53 Å². The number of carbonyl (C=O) groups is 1. The number of hydrogen-bond donors (Lipinski definition) is 0. The highest BCUT2D eigenvalue weighted by molar-refractivity contribution is 5.76. The van der Waals surface area contributed by atoms with E-state index in [1.165, 1.54) is 11.1 Å². The minimum Gasteiger partial charge on any atom is -0.465 e. The molecule has 0 saturated heterocycles. The molecule has 0 aromatic heterocycles. The van der Waals surface area contributed by atoms with Crippen LogP contribution in [0.4, 0.5) is 0 Å². The van der Waals surface area contributed by atoms with Gasteiger partial charge in [-0.05, 0) is 24.5 Å². The molecule has 2 atom stereocenters. The van der Waals surface area contributed by atoms with E-state index < -0.39 is 0 Å². The third kappa shape index (κ3) is 4.58. The van der Waals surface area contributed by atoms with Gasteiger partial charge in [0.2, 0.25) is 0 Å². The zero-order chi connectivity index (χ0) is 17.5. The molecule has 0 unspecified atom stereocenters. The Morgan fingerprint density at radius 2 is 1.76 bits per heavy atom. The quantitative estimate of drug-likeness (QED) is 0.607. The average molecular weight is 335 g/mol. The normalized spacial score (nSPS) is 20.8. The van der Waals surface area contributed by atoms with Crippen LogP contribution in [0, 0.1) is 0 Å². The second-order valence-electron chi connectivity index (χ2n) is 6.36. The van der Waals surface area contributed by atoms with Gasteiger partial charge in [0.05, 0.1) is 6.61 Å². The summed E-state index contributed by atoms with van der Waals surface area (Å²) in [6.45, 7) is 3.83. The molecule has 0 spiro atoms. The molecule has 1 heterocycles. The summed E-state index contributed by atoms with van der Waals surface area (Å²) in [4.78, 5) is 14.8. The predicted octanol–water partition coefficient (Wildman–Crippen LogP) is 4.16. The maximum absolute atomic E-state index is 12.5. The summed E-state index contributed by atoms with van der Waals surface area (Å²) in [5.74, 6) is 0.154. The number of ether oxygens (including phenoxy) is 1.